The largest absolute Gasteiger partial charge is 0.465 e. The van der Waals surface area contributed by atoms with Crippen molar-refractivity contribution in [3.63, 3.8) is 0 Å². The van der Waals surface area contributed by atoms with Gasteiger partial charge in [-0.3, -0.25) is 4.79 Å². The zero-order valence-electron chi connectivity index (χ0n) is 13.5. The average Bonchev–Trinajstić information content (AvgIpc) is 2.27. The van der Waals surface area contributed by atoms with E-state index in [2.05, 4.69) is 39.9 Å². The Morgan fingerprint density at radius 3 is 2.47 bits per heavy atom. The molecule has 0 saturated heterocycles. The lowest BCUT2D eigenvalue weighted by Gasteiger charge is -2.47. The first-order valence-corrected chi connectivity index (χ1v) is 7.66. The minimum atomic E-state index is -0.476. The maximum atomic E-state index is 12.5. The summed E-state index contributed by atoms with van der Waals surface area (Å²) >= 11 is 0. The van der Waals surface area contributed by atoms with Crippen LogP contribution in [0.15, 0.2) is 0 Å². The van der Waals surface area contributed by atoms with Gasteiger partial charge >= 0.3 is 5.97 Å². The third-order valence-corrected chi connectivity index (χ3v) is 4.36. The number of nitrogens with one attached hydrogen (secondary N) is 1. The van der Waals surface area contributed by atoms with Crippen molar-refractivity contribution >= 4 is 5.97 Å². The SMILES string of the molecule is CCOC(=O)C1(NCC(C)C)CCC(C)(C)CC1C. The molecular weight excluding hydrogens is 238 g/mol. The highest BCUT2D eigenvalue weighted by atomic mass is 16.5. The molecule has 0 bridgehead atoms. The molecule has 0 spiro atoms. The van der Waals surface area contributed by atoms with Gasteiger partial charge < -0.3 is 10.1 Å². The molecule has 2 atom stereocenters. The van der Waals surface area contributed by atoms with Crippen LogP contribution in [0, 0.1) is 17.3 Å². The standard InChI is InChI=1S/C16H31NO2/c1-7-19-14(18)16(17-11-12(2)3)9-8-15(5,6)10-13(16)4/h12-13,17H,7-11H2,1-6H3. The van der Waals surface area contributed by atoms with E-state index >= 15 is 0 Å². The Bertz CT molecular complexity index is 308. The maximum Gasteiger partial charge on any atom is 0.326 e. The summed E-state index contributed by atoms with van der Waals surface area (Å²) in [7, 11) is 0. The Kier molecular flexibility index (Phi) is 5.43. The Balaban J connectivity index is 2.89. The highest BCUT2D eigenvalue weighted by molar-refractivity contribution is 5.81. The Morgan fingerprint density at radius 1 is 1.37 bits per heavy atom. The van der Waals surface area contributed by atoms with E-state index in [1.54, 1.807) is 0 Å². The van der Waals surface area contributed by atoms with Gasteiger partial charge in [-0.1, -0.05) is 34.6 Å². The van der Waals surface area contributed by atoms with Crippen LogP contribution in [-0.4, -0.2) is 24.7 Å². The molecule has 0 radical (unpaired) electrons. The van der Waals surface area contributed by atoms with Crippen LogP contribution < -0.4 is 5.32 Å². The van der Waals surface area contributed by atoms with Crippen molar-refractivity contribution in [1.29, 1.82) is 0 Å². The van der Waals surface area contributed by atoms with E-state index < -0.39 is 5.54 Å². The first kappa shape index (κ1) is 16.5. The van der Waals surface area contributed by atoms with E-state index in [1.165, 1.54) is 0 Å². The first-order chi connectivity index (χ1) is 8.73. The summed E-state index contributed by atoms with van der Waals surface area (Å²) in [4.78, 5) is 12.5. The molecule has 1 rings (SSSR count). The lowest BCUT2D eigenvalue weighted by molar-refractivity contribution is -0.157. The molecule has 0 aromatic carbocycles. The van der Waals surface area contributed by atoms with E-state index in [4.69, 9.17) is 4.74 Å². The van der Waals surface area contributed by atoms with E-state index in [0.29, 0.717) is 23.9 Å². The van der Waals surface area contributed by atoms with E-state index in [9.17, 15) is 4.79 Å². The molecule has 0 heterocycles. The molecule has 2 unspecified atom stereocenters. The fourth-order valence-corrected chi connectivity index (χ4v) is 3.17. The zero-order valence-corrected chi connectivity index (χ0v) is 13.5. The third-order valence-electron chi connectivity index (χ3n) is 4.36. The number of hydrogen-bond acceptors (Lipinski definition) is 3. The molecule has 0 aromatic heterocycles. The van der Waals surface area contributed by atoms with Crippen LogP contribution in [0.5, 0.6) is 0 Å². The molecule has 1 aliphatic rings. The van der Waals surface area contributed by atoms with Gasteiger partial charge in [-0.15, -0.1) is 0 Å². The maximum absolute atomic E-state index is 12.5. The van der Waals surface area contributed by atoms with Gasteiger partial charge in [-0.05, 0) is 50.0 Å². The summed E-state index contributed by atoms with van der Waals surface area (Å²) in [5.41, 5.74) is -0.148. The van der Waals surface area contributed by atoms with Crippen LogP contribution in [-0.2, 0) is 9.53 Å². The Hall–Kier alpha value is -0.570. The molecule has 3 nitrogen and oxygen atoms in total. The smallest absolute Gasteiger partial charge is 0.326 e. The number of carbonyl (C=O) groups is 1. The fourth-order valence-electron chi connectivity index (χ4n) is 3.17. The van der Waals surface area contributed by atoms with Crippen LogP contribution >= 0.6 is 0 Å². The lowest BCUT2D eigenvalue weighted by Crippen LogP contribution is -2.61. The van der Waals surface area contributed by atoms with Crippen molar-refractivity contribution < 1.29 is 9.53 Å². The normalized spacial score (nSPS) is 30.4. The summed E-state index contributed by atoms with van der Waals surface area (Å²) in [5.74, 6) is 0.793. The molecule has 1 N–H and O–H groups in total. The third kappa shape index (κ3) is 3.95. The molecule has 112 valence electrons. The minimum absolute atomic E-state index is 0.0568. The summed E-state index contributed by atoms with van der Waals surface area (Å²) in [6.07, 6.45) is 3.02. The lowest BCUT2D eigenvalue weighted by atomic mass is 9.63. The Morgan fingerprint density at radius 2 is 2.00 bits per heavy atom. The molecule has 0 amide bonds. The quantitative estimate of drug-likeness (QED) is 0.778. The van der Waals surface area contributed by atoms with Crippen LogP contribution in [0.3, 0.4) is 0 Å². The molecule has 1 aliphatic carbocycles. The van der Waals surface area contributed by atoms with Gasteiger partial charge in [0.1, 0.15) is 5.54 Å². The van der Waals surface area contributed by atoms with Crippen LogP contribution in [0.4, 0.5) is 0 Å². The highest BCUT2D eigenvalue weighted by Gasteiger charge is 2.49. The van der Waals surface area contributed by atoms with Gasteiger partial charge in [0, 0.05) is 0 Å². The van der Waals surface area contributed by atoms with Crippen molar-refractivity contribution in [3.8, 4) is 0 Å². The molecule has 1 saturated carbocycles. The van der Waals surface area contributed by atoms with E-state index in [1.807, 2.05) is 6.92 Å². The second kappa shape index (κ2) is 6.25. The van der Waals surface area contributed by atoms with Gasteiger partial charge in [0.25, 0.3) is 0 Å². The molecule has 19 heavy (non-hydrogen) atoms. The van der Waals surface area contributed by atoms with Crippen molar-refractivity contribution in [2.75, 3.05) is 13.2 Å². The molecule has 0 aliphatic heterocycles. The number of hydrogen-bond donors (Lipinski definition) is 1. The summed E-state index contributed by atoms with van der Waals surface area (Å²) < 4.78 is 5.35. The summed E-state index contributed by atoms with van der Waals surface area (Å²) in [6.45, 7) is 14.3. The van der Waals surface area contributed by atoms with Gasteiger partial charge in [0.05, 0.1) is 6.61 Å². The van der Waals surface area contributed by atoms with Gasteiger partial charge in [-0.2, -0.15) is 0 Å². The van der Waals surface area contributed by atoms with Gasteiger partial charge in [-0.25, -0.2) is 0 Å². The van der Waals surface area contributed by atoms with Crippen molar-refractivity contribution in [2.24, 2.45) is 17.3 Å². The second-order valence-corrected chi connectivity index (χ2v) is 7.24. The van der Waals surface area contributed by atoms with Gasteiger partial charge in [0.2, 0.25) is 0 Å². The first-order valence-electron chi connectivity index (χ1n) is 7.66. The Labute approximate surface area is 118 Å². The zero-order chi connectivity index (χ0) is 14.7. The fraction of sp³-hybridized carbons (Fsp3) is 0.938. The van der Waals surface area contributed by atoms with E-state index in [-0.39, 0.29) is 5.97 Å². The monoisotopic (exact) mass is 269 g/mol. The molecule has 0 aromatic rings. The van der Waals surface area contributed by atoms with Crippen LogP contribution in [0.2, 0.25) is 0 Å². The number of esters is 1. The summed E-state index contributed by atoms with van der Waals surface area (Å²) in [5, 5.41) is 3.53. The second-order valence-electron chi connectivity index (χ2n) is 7.24. The van der Waals surface area contributed by atoms with Crippen molar-refractivity contribution in [3.05, 3.63) is 0 Å². The highest BCUT2D eigenvalue weighted by Crippen LogP contribution is 2.44. The van der Waals surface area contributed by atoms with Crippen molar-refractivity contribution in [2.45, 2.75) is 66.3 Å². The van der Waals surface area contributed by atoms with Crippen molar-refractivity contribution in [1.82, 2.24) is 5.32 Å². The predicted molar refractivity (Wildman–Crippen MR) is 79.0 cm³/mol. The number of carbonyl (C=O) groups excluding carboxylic acids is 1. The average molecular weight is 269 g/mol. The van der Waals surface area contributed by atoms with E-state index in [0.717, 1.165) is 25.8 Å². The topological polar surface area (TPSA) is 38.3 Å². The number of rotatable bonds is 5. The minimum Gasteiger partial charge on any atom is -0.465 e. The van der Waals surface area contributed by atoms with Crippen LogP contribution in [0.25, 0.3) is 0 Å². The molecule has 1 fully saturated rings. The predicted octanol–water partition coefficient (Wildman–Crippen LogP) is 3.38. The molecular formula is C16H31NO2. The number of ether oxygens (including phenoxy) is 1. The molecule has 3 heteroatoms. The van der Waals surface area contributed by atoms with Gasteiger partial charge in [0.15, 0.2) is 0 Å². The summed E-state index contributed by atoms with van der Waals surface area (Å²) in [6, 6.07) is 0. The van der Waals surface area contributed by atoms with Crippen LogP contribution in [0.1, 0.15) is 60.8 Å².